The summed E-state index contributed by atoms with van der Waals surface area (Å²) in [6.45, 7) is 0. The van der Waals surface area contributed by atoms with Crippen LogP contribution in [0.25, 0.3) is 0 Å². The van der Waals surface area contributed by atoms with Crippen molar-refractivity contribution in [1.82, 2.24) is 0 Å². The number of benzene rings is 2. The van der Waals surface area contributed by atoms with Gasteiger partial charge in [0.2, 0.25) is 0 Å². The third kappa shape index (κ3) is 2.88. The average molecular weight is 266 g/mol. The quantitative estimate of drug-likeness (QED) is 0.789. The summed E-state index contributed by atoms with van der Waals surface area (Å²) >= 11 is 1.51. The Hall–Kier alpha value is -2.43. The predicted octanol–water partition coefficient (Wildman–Crippen LogP) is 3.94. The molecule has 3 nitrogen and oxygen atoms in total. The summed E-state index contributed by atoms with van der Waals surface area (Å²) in [5.74, 6) is 1.13. The van der Waals surface area contributed by atoms with Gasteiger partial charge in [-0.15, -0.1) is 11.8 Å². The lowest BCUT2D eigenvalue weighted by atomic mass is 10.2. The van der Waals surface area contributed by atoms with Crippen LogP contribution in [0, 0.1) is 22.7 Å². The Labute approximate surface area is 116 Å². The minimum absolute atomic E-state index is 0.527. The largest absolute Gasteiger partial charge is 0.456 e. The molecule has 0 fully saturated rings. The molecule has 0 N–H and O–H groups in total. The molecular weight excluding hydrogens is 256 g/mol. The number of ether oxygens (including phenoxy) is 1. The Morgan fingerprint density at radius 3 is 2.32 bits per heavy atom. The lowest BCUT2D eigenvalue weighted by Crippen LogP contribution is -1.90. The van der Waals surface area contributed by atoms with Crippen LogP contribution in [0.5, 0.6) is 11.5 Å². The van der Waals surface area contributed by atoms with Crippen molar-refractivity contribution in [3.63, 3.8) is 0 Å². The molecule has 0 radical (unpaired) electrons. The molecule has 0 saturated heterocycles. The highest BCUT2D eigenvalue weighted by Gasteiger charge is 2.09. The van der Waals surface area contributed by atoms with Crippen LogP contribution in [0.15, 0.2) is 47.4 Å². The summed E-state index contributed by atoms with van der Waals surface area (Å²) in [4.78, 5) is 0.883. The zero-order valence-corrected chi connectivity index (χ0v) is 11.1. The van der Waals surface area contributed by atoms with Gasteiger partial charge in [0.25, 0.3) is 0 Å². The van der Waals surface area contributed by atoms with Crippen molar-refractivity contribution in [3.05, 3.63) is 53.6 Å². The van der Waals surface area contributed by atoms with E-state index in [1.807, 2.05) is 24.5 Å². The molecule has 0 aliphatic heterocycles. The van der Waals surface area contributed by atoms with Crippen LogP contribution in [0.1, 0.15) is 11.1 Å². The molecule has 0 aromatic heterocycles. The zero-order chi connectivity index (χ0) is 13.7. The second-order valence-corrected chi connectivity index (χ2v) is 4.53. The standard InChI is InChI=1S/C15H10N2OS/c1-19-15-4-2-3-14(13(15)10-17)18-12-7-5-11(9-16)6-8-12/h2-8H,1H3. The van der Waals surface area contributed by atoms with Crippen LogP contribution >= 0.6 is 11.8 Å². The Morgan fingerprint density at radius 2 is 1.74 bits per heavy atom. The molecule has 0 unspecified atom stereocenters. The highest BCUT2D eigenvalue weighted by atomic mass is 32.2. The fourth-order valence-corrected chi connectivity index (χ4v) is 2.17. The molecule has 19 heavy (non-hydrogen) atoms. The molecular formula is C15H10N2OS. The average Bonchev–Trinajstić information content (AvgIpc) is 2.47. The molecule has 0 aliphatic carbocycles. The maximum absolute atomic E-state index is 9.20. The minimum atomic E-state index is 0.527. The lowest BCUT2D eigenvalue weighted by Gasteiger charge is -2.09. The maximum Gasteiger partial charge on any atom is 0.146 e. The highest BCUT2D eigenvalue weighted by molar-refractivity contribution is 7.98. The summed E-state index contributed by atoms with van der Waals surface area (Å²) in [5, 5.41) is 17.9. The Kier molecular flexibility index (Phi) is 4.07. The van der Waals surface area contributed by atoms with Crippen molar-refractivity contribution in [3.8, 4) is 23.6 Å². The van der Waals surface area contributed by atoms with Crippen molar-refractivity contribution in [2.24, 2.45) is 0 Å². The second kappa shape index (κ2) is 5.95. The molecule has 2 aromatic carbocycles. The van der Waals surface area contributed by atoms with Crippen molar-refractivity contribution in [1.29, 1.82) is 10.5 Å². The lowest BCUT2D eigenvalue weighted by molar-refractivity contribution is 0.479. The van der Waals surface area contributed by atoms with E-state index >= 15 is 0 Å². The number of nitriles is 2. The number of hydrogen-bond donors (Lipinski definition) is 0. The topological polar surface area (TPSA) is 56.8 Å². The fourth-order valence-electron chi connectivity index (χ4n) is 1.60. The Bertz CT molecular complexity index is 666. The van der Waals surface area contributed by atoms with Crippen molar-refractivity contribution in [2.75, 3.05) is 6.26 Å². The molecule has 4 heteroatoms. The van der Waals surface area contributed by atoms with Gasteiger partial charge < -0.3 is 4.74 Å². The zero-order valence-electron chi connectivity index (χ0n) is 10.3. The summed E-state index contributed by atoms with van der Waals surface area (Å²) in [7, 11) is 0. The van der Waals surface area contributed by atoms with Gasteiger partial charge in [0, 0.05) is 4.90 Å². The number of hydrogen-bond acceptors (Lipinski definition) is 4. The molecule has 0 heterocycles. The van der Waals surface area contributed by atoms with Gasteiger partial charge in [0.15, 0.2) is 0 Å². The van der Waals surface area contributed by atoms with Gasteiger partial charge in [0.1, 0.15) is 23.1 Å². The van der Waals surface area contributed by atoms with Gasteiger partial charge in [-0.2, -0.15) is 10.5 Å². The molecule has 0 bridgehead atoms. The van der Waals surface area contributed by atoms with E-state index < -0.39 is 0 Å². The van der Waals surface area contributed by atoms with Crippen molar-refractivity contribution in [2.45, 2.75) is 4.90 Å². The monoisotopic (exact) mass is 266 g/mol. The fraction of sp³-hybridized carbons (Fsp3) is 0.0667. The molecule has 92 valence electrons. The first-order valence-corrected chi connectivity index (χ1v) is 6.76. The third-order valence-corrected chi connectivity index (χ3v) is 3.31. The van der Waals surface area contributed by atoms with E-state index in [1.54, 1.807) is 30.3 Å². The van der Waals surface area contributed by atoms with E-state index in [1.165, 1.54) is 11.8 Å². The van der Waals surface area contributed by atoms with Gasteiger partial charge in [-0.25, -0.2) is 0 Å². The van der Waals surface area contributed by atoms with Crippen LogP contribution in [-0.2, 0) is 0 Å². The first-order chi connectivity index (χ1) is 9.28. The first-order valence-electron chi connectivity index (χ1n) is 5.53. The van der Waals surface area contributed by atoms with E-state index in [-0.39, 0.29) is 0 Å². The summed E-state index contributed by atoms with van der Waals surface area (Å²) in [5.41, 5.74) is 1.10. The van der Waals surface area contributed by atoms with E-state index in [4.69, 9.17) is 10.00 Å². The summed E-state index contributed by atoms with van der Waals surface area (Å²) < 4.78 is 5.70. The number of thioether (sulfide) groups is 1. The predicted molar refractivity (Wildman–Crippen MR) is 74.2 cm³/mol. The Balaban J connectivity index is 2.33. The Morgan fingerprint density at radius 1 is 1.00 bits per heavy atom. The SMILES string of the molecule is CSc1cccc(Oc2ccc(C#N)cc2)c1C#N. The van der Waals surface area contributed by atoms with Gasteiger partial charge >= 0.3 is 0 Å². The minimum Gasteiger partial charge on any atom is -0.456 e. The van der Waals surface area contributed by atoms with E-state index in [2.05, 4.69) is 6.07 Å². The molecule has 2 aromatic rings. The number of nitrogens with zero attached hydrogens (tertiary/aromatic N) is 2. The van der Waals surface area contributed by atoms with E-state index in [0.29, 0.717) is 22.6 Å². The maximum atomic E-state index is 9.20. The summed E-state index contributed by atoms with van der Waals surface area (Å²) in [6, 6.07) is 16.5. The molecule has 0 saturated carbocycles. The van der Waals surface area contributed by atoms with Gasteiger partial charge in [0.05, 0.1) is 11.6 Å². The normalized spacial score (nSPS) is 9.42. The third-order valence-electron chi connectivity index (χ3n) is 2.53. The van der Waals surface area contributed by atoms with Crippen molar-refractivity contribution < 1.29 is 4.74 Å². The molecule has 2 rings (SSSR count). The molecule has 0 spiro atoms. The van der Waals surface area contributed by atoms with Crippen molar-refractivity contribution >= 4 is 11.8 Å². The van der Waals surface area contributed by atoms with Crippen LogP contribution in [0.3, 0.4) is 0 Å². The highest BCUT2D eigenvalue weighted by Crippen LogP contribution is 2.31. The first kappa shape index (κ1) is 13.0. The van der Waals surface area contributed by atoms with Gasteiger partial charge in [-0.3, -0.25) is 0 Å². The molecule has 0 atom stereocenters. The van der Waals surface area contributed by atoms with Crippen LogP contribution in [0.2, 0.25) is 0 Å². The smallest absolute Gasteiger partial charge is 0.146 e. The van der Waals surface area contributed by atoms with Gasteiger partial charge in [-0.05, 0) is 42.7 Å². The summed E-state index contributed by atoms with van der Waals surface area (Å²) in [6.07, 6.45) is 1.92. The van der Waals surface area contributed by atoms with Gasteiger partial charge in [-0.1, -0.05) is 6.07 Å². The molecule has 0 amide bonds. The van der Waals surface area contributed by atoms with E-state index in [0.717, 1.165) is 4.90 Å². The van der Waals surface area contributed by atoms with Crippen LogP contribution < -0.4 is 4.74 Å². The van der Waals surface area contributed by atoms with Crippen LogP contribution in [0.4, 0.5) is 0 Å². The molecule has 0 aliphatic rings. The second-order valence-electron chi connectivity index (χ2n) is 3.68. The van der Waals surface area contributed by atoms with Crippen LogP contribution in [-0.4, -0.2) is 6.26 Å². The number of rotatable bonds is 3. The van der Waals surface area contributed by atoms with E-state index in [9.17, 15) is 5.26 Å².